The Morgan fingerprint density at radius 1 is 1.31 bits per heavy atom. The number of ether oxygens (including phenoxy) is 1. The molecule has 0 saturated carbocycles. The van der Waals surface area contributed by atoms with E-state index < -0.39 is 0 Å². The van der Waals surface area contributed by atoms with Crippen LogP contribution in [0.3, 0.4) is 0 Å². The summed E-state index contributed by atoms with van der Waals surface area (Å²) in [7, 11) is 0. The van der Waals surface area contributed by atoms with Crippen LogP contribution in [-0.4, -0.2) is 6.61 Å². The lowest BCUT2D eigenvalue weighted by Gasteiger charge is -2.09. The van der Waals surface area contributed by atoms with Crippen LogP contribution in [0.15, 0.2) is 38.9 Å². The minimum Gasteiger partial charge on any atom is -0.363 e. The van der Waals surface area contributed by atoms with Gasteiger partial charge in [-0.2, -0.15) is 0 Å². The van der Waals surface area contributed by atoms with E-state index >= 15 is 0 Å². The van der Waals surface area contributed by atoms with Gasteiger partial charge in [-0.05, 0) is 28.2 Å². The summed E-state index contributed by atoms with van der Waals surface area (Å²) >= 11 is 8.33. The number of halogens is 2. The van der Waals surface area contributed by atoms with Crippen molar-refractivity contribution in [1.29, 1.82) is 0 Å². The average molecular weight is 307 g/mol. The Morgan fingerprint density at radius 2 is 2.00 bits per heavy atom. The van der Waals surface area contributed by atoms with Crippen LogP contribution in [0.4, 0.5) is 0 Å². The lowest BCUT2D eigenvalue weighted by Crippen LogP contribution is -1.97. The molecule has 1 unspecified atom stereocenters. The van der Waals surface area contributed by atoms with Gasteiger partial charge in [0.25, 0.3) is 0 Å². The summed E-state index contributed by atoms with van der Waals surface area (Å²) in [5.74, 6) is 0. The van der Waals surface area contributed by atoms with E-state index in [9.17, 15) is 0 Å². The Kier molecular flexibility index (Phi) is 2.91. The van der Waals surface area contributed by atoms with E-state index in [1.54, 1.807) is 0 Å². The standard InChI is InChI=1S/C10H8ClIO/c11-9-8(12)6-13-10(9)7-4-2-1-3-5-7/h1-5,10H,6H2. The molecule has 1 aliphatic rings. The third-order valence-corrected chi connectivity index (χ3v) is 3.61. The van der Waals surface area contributed by atoms with Crippen molar-refractivity contribution >= 4 is 34.2 Å². The number of hydrogen-bond acceptors (Lipinski definition) is 1. The van der Waals surface area contributed by atoms with E-state index in [0.29, 0.717) is 6.61 Å². The fourth-order valence-electron chi connectivity index (χ4n) is 1.31. The molecule has 1 aromatic carbocycles. The van der Waals surface area contributed by atoms with Gasteiger partial charge in [0.05, 0.1) is 11.6 Å². The van der Waals surface area contributed by atoms with Crippen LogP contribution in [-0.2, 0) is 4.74 Å². The van der Waals surface area contributed by atoms with Crippen LogP contribution in [0.25, 0.3) is 0 Å². The second kappa shape index (κ2) is 3.98. The molecule has 0 amide bonds. The molecule has 0 spiro atoms. The highest BCUT2D eigenvalue weighted by Gasteiger charge is 2.24. The molecule has 1 aromatic rings. The molecule has 0 radical (unpaired) electrons. The van der Waals surface area contributed by atoms with Gasteiger partial charge in [-0.25, -0.2) is 0 Å². The smallest absolute Gasteiger partial charge is 0.119 e. The number of hydrogen-bond donors (Lipinski definition) is 0. The van der Waals surface area contributed by atoms with E-state index in [1.807, 2.05) is 30.3 Å². The second-order valence-corrected chi connectivity index (χ2v) is 4.56. The number of rotatable bonds is 1. The van der Waals surface area contributed by atoms with E-state index in [-0.39, 0.29) is 6.10 Å². The Morgan fingerprint density at radius 3 is 2.54 bits per heavy atom. The topological polar surface area (TPSA) is 9.23 Å². The fraction of sp³-hybridized carbons (Fsp3) is 0.200. The third-order valence-electron chi connectivity index (χ3n) is 1.97. The normalized spacial score (nSPS) is 22.5. The predicted molar refractivity (Wildman–Crippen MR) is 62.0 cm³/mol. The summed E-state index contributed by atoms with van der Waals surface area (Å²) in [5.41, 5.74) is 1.12. The van der Waals surface area contributed by atoms with E-state index in [0.717, 1.165) is 14.2 Å². The van der Waals surface area contributed by atoms with Crippen LogP contribution in [0.1, 0.15) is 11.7 Å². The van der Waals surface area contributed by atoms with Crippen molar-refractivity contribution in [1.82, 2.24) is 0 Å². The molecule has 3 heteroatoms. The van der Waals surface area contributed by atoms with Crippen molar-refractivity contribution in [3.05, 3.63) is 44.5 Å². The van der Waals surface area contributed by atoms with Gasteiger partial charge in [-0.15, -0.1) is 0 Å². The zero-order chi connectivity index (χ0) is 9.26. The summed E-state index contributed by atoms with van der Waals surface area (Å²) in [6.07, 6.45) is -0.0465. The maximum atomic E-state index is 6.11. The van der Waals surface area contributed by atoms with Crippen molar-refractivity contribution in [3.63, 3.8) is 0 Å². The average Bonchev–Trinajstić information content (AvgIpc) is 2.49. The SMILES string of the molecule is ClC1=C(I)COC1c1ccccc1. The Bertz CT molecular complexity index is 334. The first kappa shape index (κ1) is 9.49. The molecule has 0 saturated heterocycles. The monoisotopic (exact) mass is 306 g/mol. The van der Waals surface area contributed by atoms with Gasteiger partial charge in [0.1, 0.15) is 6.10 Å². The molecule has 0 aliphatic carbocycles. The molecule has 1 nitrogen and oxygen atoms in total. The summed E-state index contributed by atoms with van der Waals surface area (Å²) in [4.78, 5) is 0. The van der Waals surface area contributed by atoms with Crippen molar-refractivity contribution in [2.45, 2.75) is 6.10 Å². The highest BCUT2D eigenvalue weighted by molar-refractivity contribution is 14.1. The minimum absolute atomic E-state index is 0.0465. The largest absolute Gasteiger partial charge is 0.363 e. The molecule has 0 aromatic heterocycles. The van der Waals surface area contributed by atoms with Crippen LogP contribution < -0.4 is 0 Å². The zero-order valence-electron chi connectivity index (χ0n) is 6.84. The van der Waals surface area contributed by atoms with Gasteiger partial charge < -0.3 is 4.74 Å². The first-order valence-corrected chi connectivity index (χ1v) is 5.45. The van der Waals surface area contributed by atoms with Crippen molar-refractivity contribution in [2.24, 2.45) is 0 Å². The van der Waals surface area contributed by atoms with Gasteiger partial charge in [-0.1, -0.05) is 41.9 Å². The maximum Gasteiger partial charge on any atom is 0.119 e. The van der Waals surface area contributed by atoms with Gasteiger partial charge >= 0.3 is 0 Å². The van der Waals surface area contributed by atoms with Crippen LogP contribution in [0.5, 0.6) is 0 Å². The molecule has 1 heterocycles. The van der Waals surface area contributed by atoms with E-state index in [1.165, 1.54) is 0 Å². The summed E-state index contributed by atoms with van der Waals surface area (Å²) in [6.45, 7) is 0.638. The van der Waals surface area contributed by atoms with Crippen molar-refractivity contribution in [2.75, 3.05) is 6.61 Å². The van der Waals surface area contributed by atoms with Crippen molar-refractivity contribution in [3.8, 4) is 0 Å². The summed E-state index contributed by atoms with van der Waals surface area (Å²) < 4.78 is 6.65. The zero-order valence-corrected chi connectivity index (χ0v) is 9.75. The summed E-state index contributed by atoms with van der Waals surface area (Å²) in [6, 6.07) is 10.0. The quantitative estimate of drug-likeness (QED) is 0.720. The molecule has 0 bridgehead atoms. The van der Waals surface area contributed by atoms with Gasteiger partial charge in [-0.3, -0.25) is 0 Å². The molecule has 1 atom stereocenters. The first-order chi connectivity index (χ1) is 6.29. The lowest BCUT2D eigenvalue weighted by atomic mass is 10.1. The predicted octanol–water partition coefficient (Wildman–Crippen LogP) is 3.64. The molecule has 0 N–H and O–H groups in total. The fourth-order valence-corrected chi connectivity index (χ4v) is 2.02. The van der Waals surface area contributed by atoms with Gasteiger partial charge in [0.2, 0.25) is 0 Å². The Balaban J connectivity index is 2.30. The molecular formula is C10H8ClIO. The molecule has 2 rings (SSSR count). The lowest BCUT2D eigenvalue weighted by molar-refractivity contribution is 0.126. The van der Waals surface area contributed by atoms with E-state index in [2.05, 4.69) is 22.6 Å². The maximum absolute atomic E-state index is 6.11. The molecular weight excluding hydrogens is 298 g/mol. The van der Waals surface area contributed by atoms with Crippen LogP contribution >= 0.6 is 34.2 Å². The molecule has 13 heavy (non-hydrogen) atoms. The molecule has 0 fully saturated rings. The second-order valence-electron chi connectivity index (χ2n) is 2.85. The third kappa shape index (κ3) is 1.90. The van der Waals surface area contributed by atoms with Crippen molar-refractivity contribution < 1.29 is 4.74 Å². The molecule has 68 valence electrons. The minimum atomic E-state index is -0.0465. The Hall–Kier alpha value is -0.0600. The highest BCUT2D eigenvalue weighted by atomic mass is 127. The summed E-state index contributed by atoms with van der Waals surface area (Å²) in [5, 5.41) is 0.826. The highest BCUT2D eigenvalue weighted by Crippen LogP contribution is 2.38. The van der Waals surface area contributed by atoms with E-state index in [4.69, 9.17) is 16.3 Å². The van der Waals surface area contributed by atoms with Crippen LogP contribution in [0, 0.1) is 0 Å². The van der Waals surface area contributed by atoms with Crippen LogP contribution in [0.2, 0.25) is 0 Å². The Labute approximate surface area is 95.9 Å². The number of benzene rings is 1. The molecule has 1 aliphatic heterocycles. The van der Waals surface area contributed by atoms with Gasteiger partial charge in [0.15, 0.2) is 0 Å². The van der Waals surface area contributed by atoms with Gasteiger partial charge in [0, 0.05) is 3.58 Å². The first-order valence-electron chi connectivity index (χ1n) is 3.99.